The minimum atomic E-state index is -2.00. The van der Waals surface area contributed by atoms with Crippen molar-refractivity contribution in [3.63, 3.8) is 0 Å². The van der Waals surface area contributed by atoms with Gasteiger partial charge in [0.25, 0.3) is 0 Å². The van der Waals surface area contributed by atoms with E-state index in [1.165, 1.54) is 0 Å². The second-order valence-electron chi connectivity index (χ2n) is 2.84. The van der Waals surface area contributed by atoms with Crippen molar-refractivity contribution in [3.05, 3.63) is 0 Å². The van der Waals surface area contributed by atoms with Crippen LogP contribution < -0.4 is 0 Å². The average molecular weight is 149 g/mol. The molecule has 0 rings (SSSR count). The molecule has 0 fully saturated rings. The third-order valence-corrected chi connectivity index (χ3v) is 2.64. The molecule has 3 heteroatoms. The second kappa shape index (κ2) is 3.28. The zero-order valence-electron chi connectivity index (χ0n) is 6.22. The molecule has 0 bridgehead atoms. The fraction of sp³-hybridized carbons (Fsp3) is 1.00. The van der Waals surface area contributed by atoms with Gasteiger partial charge in [-0.25, -0.2) is 0 Å². The fourth-order valence-electron chi connectivity index (χ4n) is 0.707. The molecule has 0 saturated heterocycles. The summed E-state index contributed by atoms with van der Waals surface area (Å²) in [6.45, 7) is 5.64. The molecule has 0 aliphatic rings. The molecule has 1 N–H and O–H groups in total. The summed E-state index contributed by atoms with van der Waals surface area (Å²) >= 11 is 0. The second-order valence-corrected chi connectivity index (χ2v) is 4.59. The van der Waals surface area contributed by atoms with E-state index in [9.17, 15) is 4.57 Å². The average Bonchev–Trinajstić information content (AvgIpc) is 1.65. The molecule has 0 aromatic heterocycles. The van der Waals surface area contributed by atoms with Crippen LogP contribution >= 0.6 is 8.03 Å². The lowest BCUT2D eigenvalue weighted by Gasteiger charge is -2.06. The smallest absolute Gasteiger partial charge is 0.160 e. The Hall–Kier alpha value is 0.0600. The van der Waals surface area contributed by atoms with Crippen LogP contribution in [0.25, 0.3) is 0 Å². The van der Waals surface area contributed by atoms with E-state index in [4.69, 9.17) is 4.89 Å². The number of hydrogen-bond donors (Lipinski definition) is 1. The summed E-state index contributed by atoms with van der Waals surface area (Å²) in [4.78, 5) is 8.72. The van der Waals surface area contributed by atoms with Gasteiger partial charge in [-0.3, -0.25) is 0 Å². The zero-order valence-corrected chi connectivity index (χ0v) is 7.11. The predicted molar refractivity (Wildman–Crippen MR) is 38.8 cm³/mol. The van der Waals surface area contributed by atoms with Crippen LogP contribution in [0.2, 0.25) is 0 Å². The Labute approximate surface area is 57.1 Å². The van der Waals surface area contributed by atoms with Crippen LogP contribution in [0.3, 0.4) is 0 Å². The summed E-state index contributed by atoms with van der Waals surface area (Å²) < 4.78 is 10.6. The number of hydrogen-bond acceptors (Lipinski definition) is 1. The minimum absolute atomic E-state index is 0.385. The van der Waals surface area contributed by atoms with Crippen molar-refractivity contribution >= 4 is 8.03 Å². The quantitative estimate of drug-likeness (QED) is 0.625. The van der Waals surface area contributed by atoms with Gasteiger partial charge in [0.05, 0.1) is 0 Å². The van der Waals surface area contributed by atoms with Crippen molar-refractivity contribution in [2.24, 2.45) is 0 Å². The monoisotopic (exact) mass is 149 g/mol. The van der Waals surface area contributed by atoms with Crippen molar-refractivity contribution in [1.82, 2.24) is 0 Å². The van der Waals surface area contributed by atoms with E-state index >= 15 is 0 Å². The van der Waals surface area contributed by atoms with Crippen molar-refractivity contribution in [1.29, 1.82) is 0 Å². The predicted octanol–water partition coefficient (Wildman–Crippen LogP) is 2.30. The summed E-state index contributed by atoms with van der Waals surface area (Å²) in [6.07, 6.45) is 1.79. The molecule has 2 nitrogen and oxygen atoms in total. The SMILES string of the molecule is CCCC(C)(C)[P+](=O)O. The van der Waals surface area contributed by atoms with Gasteiger partial charge in [-0.1, -0.05) is 13.3 Å². The van der Waals surface area contributed by atoms with E-state index in [2.05, 4.69) is 0 Å². The van der Waals surface area contributed by atoms with Gasteiger partial charge < -0.3 is 0 Å². The highest BCUT2D eigenvalue weighted by Crippen LogP contribution is 2.37. The maximum absolute atomic E-state index is 10.6. The lowest BCUT2D eigenvalue weighted by atomic mass is 10.1. The molecule has 0 heterocycles. The van der Waals surface area contributed by atoms with Crippen LogP contribution in [-0.4, -0.2) is 10.0 Å². The normalized spacial score (nSPS) is 13.6. The van der Waals surface area contributed by atoms with Crippen LogP contribution in [0.15, 0.2) is 0 Å². The summed E-state index contributed by atoms with van der Waals surface area (Å²) in [5.41, 5.74) is 0. The van der Waals surface area contributed by atoms with Gasteiger partial charge in [0.15, 0.2) is 5.16 Å². The first kappa shape index (κ1) is 9.06. The molecule has 0 saturated carbocycles. The van der Waals surface area contributed by atoms with E-state index in [0.29, 0.717) is 0 Å². The van der Waals surface area contributed by atoms with Crippen molar-refractivity contribution in [3.8, 4) is 0 Å². The van der Waals surface area contributed by atoms with Crippen LogP contribution in [-0.2, 0) is 4.57 Å². The molecule has 0 spiro atoms. The van der Waals surface area contributed by atoms with Gasteiger partial charge in [0.1, 0.15) is 0 Å². The van der Waals surface area contributed by atoms with Gasteiger partial charge in [-0.2, -0.15) is 4.89 Å². The molecule has 1 atom stereocenters. The molecular formula is C6H14O2P+. The van der Waals surface area contributed by atoms with Gasteiger partial charge in [-0.15, -0.1) is 0 Å². The van der Waals surface area contributed by atoms with Gasteiger partial charge in [-0.05, 0) is 24.8 Å². The molecule has 0 radical (unpaired) electrons. The van der Waals surface area contributed by atoms with Crippen LogP contribution in [0.4, 0.5) is 0 Å². The highest BCUT2D eigenvalue weighted by atomic mass is 31.1. The summed E-state index contributed by atoms with van der Waals surface area (Å²) in [5.74, 6) is 0. The van der Waals surface area contributed by atoms with E-state index in [1.54, 1.807) is 0 Å². The third-order valence-electron chi connectivity index (χ3n) is 1.38. The van der Waals surface area contributed by atoms with Gasteiger partial charge in [0, 0.05) is 0 Å². The molecule has 0 aromatic carbocycles. The van der Waals surface area contributed by atoms with Crippen molar-refractivity contribution in [2.45, 2.75) is 38.8 Å². The van der Waals surface area contributed by atoms with Crippen LogP contribution in [0, 0.1) is 0 Å². The molecule has 0 aliphatic heterocycles. The zero-order chi connectivity index (χ0) is 7.49. The highest BCUT2D eigenvalue weighted by molar-refractivity contribution is 7.39. The Bertz CT molecular complexity index is 110. The molecule has 1 unspecified atom stereocenters. The highest BCUT2D eigenvalue weighted by Gasteiger charge is 2.37. The van der Waals surface area contributed by atoms with E-state index in [1.807, 2.05) is 20.8 Å². The van der Waals surface area contributed by atoms with Gasteiger partial charge >= 0.3 is 8.03 Å². The molecule has 54 valence electrons. The molecule has 9 heavy (non-hydrogen) atoms. The Balaban J connectivity index is 3.85. The Morgan fingerprint density at radius 3 is 2.11 bits per heavy atom. The lowest BCUT2D eigenvalue weighted by Crippen LogP contribution is -2.12. The first-order valence-corrected chi connectivity index (χ1v) is 4.38. The minimum Gasteiger partial charge on any atom is -0.160 e. The van der Waals surface area contributed by atoms with E-state index in [-0.39, 0.29) is 5.16 Å². The van der Waals surface area contributed by atoms with E-state index in [0.717, 1.165) is 12.8 Å². The lowest BCUT2D eigenvalue weighted by molar-refractivity contribution is 0.451. The third kappa shape index (κ3) is 2.92. The molecule has 0 aliphatic carbocycles. The van der Waals surface area contributed by atoms with Crippen molar-refractivity contribution in [2.75, 3.05) is 0 Å². The fourth-order valence-corrected chi connectivity index (χ4v) is 1.12. The molecule has 0 amide bonds. The summed E-state index contributed by atoms with van der Waals surface area (Å²) in [6, 6.07) is 0. The summed E-state index contributed by atoms with van der Waals surface area (Å²) in [5, 5.41) is -0.385. The van der Waals surface area contributed by atoms with Crippen LogP contribution in [0.5, 0.6) is 0 Å². The number of rotatable bonds is 3. The van der Waals surface area contributed by atoms with E-state index < -0.39 is 8.03 Å². The first-order valence-electron chi connectivity index (χ1n) is 3.17. The summed E-state index contributed by atoms with van der Waals surface area (Å²) in [7, 11) is -2.00. The van der Waals surface area contributed by atoms with Crippen LogP contribution in [0.1, 0.15) is 33.6 Å². The molecule has 0 aromatic rings. The maximum atomic E-state index is 10.6. The Kier molecular flexibility index (Phi) is 3.31. The Morgan fingerprint density at radius 1 is 1.56 bits per heavy atom. The molecular weight excluding hydrogens is 135 g/mol. The van der Waals surface area contributed by atoms with Gasteiger partial charge in [0.2, 0.25) is 0 Å². The standard InChI is InChI=1S/C6H13O2P/c1-4-5-6(2,3)9(7)8/h4-5H2,1-3H3/p+1. The van der Waals surface area contributed by atoms with Crippen molar-refractivity contribution < 1.29 is 9.46 Å². The Morgan fingerprint density at radius 2 is 2.00 bits per heavy atom. The topological polar surface area (TPSA) is 37.3 Å². The maximum Gasteiger partial charge on any atom is 0.511 e. The largest absolute Gasteiger partial charge is 0.511 e. The first-order chi connectivity index (χ1) is 4.00.